The number of nitro groups is 1. The molecule has 1 fully saturated rings. The topological polar surface area (TPSA) is 119 Å². The zero-order chi connectivity index (χ0) is 23.6. The Morgan fingerprint density at radius 3 is 2.39 bits per heavy atom. The number of nitrogens with zero attached hydrogens (tertiary/aromatic N) is 5. The molecule has 1 saturated heterocycles. The van der Waals surface area contributed by atoms with Gasteiger partial charge in [-0.25, -0.2) is 13.4 Å². The van der Waals surface area contributed by atoms with Crippen LogP contribution in [0, 0.1) is 10.1 Å². The quantitative estimate of drug-likeness (QED) is 0.298. The van der Waals surface area contributed by atoms with Crippen LogP contribution >= 0.6 is 11.8 Å². The van der Waals surface area contributed by atoms with Crippen molar-refractivity contribution < 1.29 is 18.1 Å². The van der Waals surface area contributed by atoms with E-state index < -0.39 is 14.9 Å². The second kappa shape index (κ2) is 9.33. The molecule has 3 aromatic rings. The van der Waals surface area contributed by atoms with E-state index in [4.69, 9.17) is 0 Å². The Bertz CT molecular complexity index is 1290. The van der Waals surface area contributed by atoms with Gasteiger partial charge in [-0.2, -0.15) is 4.31 Å². The first-order valence-electron chi connectivity index (χ1n) is 10.0. The number of para-hydroxylation sites is 1. The van der Waals surface area contributed by atoms with Crippen molar-refractivity contribution in [2.24, 2.45) is 0 Å². The summed E-state index contributed by atoms with van der Waals surface area (Å²) < 4.78 is 29.0. The lowest BCUT2D eigenvalue weighted by molar-refractivity contribution is -0.385. The number of non-ortho nitro benzene ring substituents is 1. The van der Waals surface area contributed by atoms with E-state index in [9.17, 15) is 23.3 Å². The first-order chi connectivity index (χ1) is 15.8. The molecule has 10 nitrogen and oxygen atoms in total. The second-order valence-electron chi connectivity index (χ2n) is 7.25. The van der Waals surface area contributed by atoms with Gasteiger partial charge in [0.2, 0.25) is 10.0 Å². The van der Waals surface area contributed by atoms with Gasteiger partial charge >= 0.3 is 0 Å². The highest BCUT2D eigenvalue weighted by atomic mass is 32.2. The van der Waals surface area contributed by atoms with Crippen LogP contribution in [0.2, 0.25) is 0 Å². The molecule has 0 aliphatic carbocycles. The predicted molar refractivity (Wildman–Crippen MR) is 123 cm³/mol. The van der Waals surface area contributed by atoms with Crippen molar-refractivity contribution in [2.45, 2.75) is 10.1 Å². The summed E-state index contributed by atoms with van der Waals surface area (Å²) in [6, 6.07) is 14.4. The summed E-state index contributed by atoms with van der Waals surface area (Å²) in [5.74, 6) is -0.237. The number of nitro benzene ring substituents is 1. The average molecular weight is 488 g/mol. The highest BCUT2D eigenvalue weighted by Crippen LogP contribution is 2.25. The number of piperazine rings is 1. The van der Waals surface area contributed by atoms with E-state index >= 15 is 0 Å². The molecule has 4 rings (SSSR count). The van der Waals surface area contributed by atoms with Crippen LogP contribution in [0.15, 0.2) is 70.8 Å². The van der Waals surface area contributed by atoms with Crippen molar-refractivity contribution in [3.63, 3.8) is 0 Å². The fraction of sp³-hybridized carbons (Fsp3) is 0.238. The molecular formula is C21H21N5O5S2. The Kier molecular flexibility index (Phi) is 6.49. The van der Waals surface area contributed by atoms with Crippen LogP contribution in [-0.2, 0) is 10.0 Å². The molecule has 0 spiro atoms. The van der Waals surface area contributed by atoms with Gasteiger partial charge in [0, 0.05) is 44.0 Å². The van der Waals surface area contributed by atoms with E-state index in [1.54, 1.807) is 9.47 Å². The van der Waals surface area contributed by atoms with Crippen molar-refractivity contribution in [1.29, 1.82) is 0 Å². The van der Waals surface area contributed by atoms with Crippen LogP contribution in [0.5, 0.6) is 0 Å². The zero-order valence-electron chi connectivity index (χ0n) is 17.7. The van der Waals surface area contributed by atoms with Gasteiger partial charge in [-0.3, -0.25) is 19.5 Å². The van der Waals surface area contributed by atoms with Gasteiger partial charge in [0.05, 0.1) is 16.0 Å². The molecule has 0 saturated carbocycles. The molecule has 1 aromatic heterocycles. The molecule has 2 heterocycles. The lowest BCUT2D eigenvalue weighted by Crippen LogP contribution is -2.50. The zero-order valence-corrected chi connectivity index (χ0v) is 19.3. The lowest BCUT2D eigenvalue weighted by Gasteiger charge is -2.34. The van der Waals surface area contributed by atoms with E-state index in [1.807, 2.05) is 36.6 Å². The molecule has 1 amide bonds. The van der Waals surface area contributed by atoms with Crippen molar-refractivity contribution in [3.05, 3.63) is 76.6 Å². The van der Waals surface area contributed by atoms with Crippen molar-refractivity contribution >= 4 is 33.4 Å². The average Bonchev–Trinajstić information content (AvgIpc) is 3.28. The third-order valence-electron chi connectivity index (χ3n) is 5.34. The monoisotopic (exact) mass is 487 g/mol. The standard InChI is InChI=1S/C21H21N5O5S2/c1-32-21-22-15-19(25(21)16-6-3-2-4-7-16)20(27)23-10-12-24(13-11-23)33(30,31)18-9-5-8-17(14-18)26(28)29/h2-9,14-15H,10-13H2,1H3. The number of rotatable bonds is 6. The molecule has 0 N–H and O–H groups in total. The first-order valence-corrected chi connectivity index (χ1v) is 12.7. The van der Waals surface area contributed by atoms with Crippen molar-refractivity contribution in [3.8, 4) is 5.69 Å². The predicted octanol–water partition coefficient (Wildman–Crippen LogP) is 2.65. The number of thioether (sulfide) groups is 1. The van der Waals surface area contributed by atoms with Crippen molar-refractivity contribution in [1.82, 2.24) is 18.8 Å². The highest BCUT2D eigenvalue weighted by Gasteiger charge is 2.32. The van der Waals surface area contributed by atoms with Crippen LogP contribution < -0.4 is 0 Å². The Morgan fingerprint density at radius 1 is 1.06 bits per heavy atom. The number of carbonyl (C=O) groups excluding carboxylic acids is 1. The minimum absolute atomic E-state index is 0.0889. The van der Waals surface area contributed by atoms with Crippen molar-refractivity contribution in [2.75, 3.05) is 32.4 Å². The van der Waals surface area contributed by atoms with Gasteiger partial charge in [0.15, 0.2) is 5.16 Å². The summed E-state index contributed by atoms with van der Waals surface area (Å²) in [7, 11) is -3.91. The van der Waals surface area contributed by atoms with Gasteiger partial charge in [-0.15, -0.1) is 0 Å². The normalized spacial score (nSPS) is 14.9. The van der Waals surface area contributed by atoms with Gasteiger partial charge in [-0.05, 0) is 24.5 Å². The third-order valence-corrected chi connectivity index (χ3v) is 7.89. The lowest BCUT2D eigenvalue weighted by atomic mass is 10.3. The van der Waals surface area contributed by atoms with Gasteiger partial charge in [0.25, 0.3) is 11.6 Å². The molecule has 2 aromatic carbocycles. The molecule has 12 heteroatoms. The Balaban J connectivity index is 1.52. The molecular weight excluding hydrogens is 466 g/mol. The van der Waals surface area contributed by atoms with E-state index in [-0.39, 0.29) is 42.7 Å². The van der Waals surface area contributed by atoms with Crippen LogP contribution in [0.25, 0.3) is 5.69 Å². The maximum Gasteiger partial charge on any atom is 0.272 e. The van der Waals surface area contributed by atoms with Crippen LogP contribution in [0.4, 0.5) is 5.69 Å². The molecule has 1 aliphatic rings. The second-order valence-corrected chi connectivity index (χ2v) is 9.96. The molecule has 0 radical (unpaired) electrons. The summed E-state index contributed by atoms with van der Waals surface area (Å²) in [6.07, 6.45) is 3.42. The third kappa shape index (κ3) is 4.49. The number of aromatic nitrogens is 2. The van der Waals surface area contributed by atoms with E-state index in [0.717, 1.165) is 11.8 Å². The maximum atomic E-state index is 13.3. The van der Waals surface area contributed by atoms with Gasteiger partial charge in [-0.1, -0.05) is 36.0 Å². The number of amides is 1. The van der Waals surface area contributed by atoms with Crippen LogP contribution in [0.1, 0.15) is 10.5 Å². The Morgan fingerprint density at radius 2 is 1.76 bits per heavy atom. The summed E-state index contributed by atoms with van der Waals surface area (Å²) in [5.41, 5.74) is 0.929. The summed E-state index contributed by atoms with van der Waals surface area (Å²) in [6.45, 7) is 0.570. The number of carbonyl (C=O) groups is 1. The highest BCUT2D eigenvalue weighted by molar-refractivity contribution is 7.98. The van der Waals surface area contributed by atoms with Gasteiger partial charge < -0.3 is 4.90 Å². The largest absolute Gasteiger partial charge is 0.335 e. The van der Waals surface area contributed by atoms with E-state index in [2.05, 4.69) is 4.98 Å². The molecule has 0 atom stereocenters. The van der Waals surface area contributed by atoms with Crippen LogP contribution in [-0.4, -0.2) is 70.4 Å². The minimum Gasteiger partial charge on any atom is -0.335 e. The fourth-order valence-corrected chi connectivity index (χ4v) is 5.66. The smallest absolute Gasteiger partial charge is 0.272 e. The SMILES string of the molecule is CSc1ncc(C(=O)N2CCN(S(=O)(=O)c3cccc([N+](=O)[O-])c3)CC2)n1-c1ccccc1. The van der Waals surface area contributed by atoms with E-state index in [1.165, 1.54) is 40.5 Å². The number of imidazole rings is 1. The molecule has 172 valence electrons. The first kappa shape index (κ1) is 23.0. The number of benzene rings is 2. The Labute approximate surface area is 195 Å². The maximum absolute atomic E-state index is 13.3. The van der Waals surface area contributed by atoms with E-state index in [0.29, 0.717) is 10.9 Å². The minimum atomic E-state index is -3.91. The molecule has 0 unspecified atom stereocenters. The number of hydrogen-bond donors (Lipinski definition) is 0. The summed E-state index contributed by atoms with van der Waals surface area (Å²) in [5, 5.41) is 11.7. The molecule has 0 bridgehead atoms. The van der Waals surface area contributed by atoms with Gasteiger partial charge in [0.1, 0.15) is 5.69 Å². The number of hydrogen-bond acceptors (Lipinski definition) is 7. The summed E-state index contributed by atoms with van der Waals surface area (Å²) >= 11 is 1.43. The Hall–Kier alpha value is -3.22. The molecule has 1 aliphatic heterocycles. The molecule has 33 heavy (non-hydrogen) atoms. The van der Waals surface area contributed by atoms with Crippen LogP contribution in [0.3, 0.4) is 0 Å². The summed E-state index contributed by atoms with van der Waals surface area (Å²) in [4.78, 5) is 29.5. The fourth-order valence-electron chi connectivity index (χ4n) is 3.66. The number of sulfonamides is 1.